The van der Waals surface area contributed by atoms with E-state index in [1.54, 1.807) is 0 Å². The fraction of sp³-hybridized carbons (Fsp3) is 0.750. The first-order valence-corrected chi connectivity index (χ1v) is 3.42. The van der Waals surface area contributed by atoms with E-state index in [0.717, 1.165) is 12.0 Å². The van der Waals surface area contributed by atoms with Crippen molar-refractivity contribution in [2.75, 3.05) is 0 Å². The van der Waals surface area contributed by atoms with E-state index in [2.05, 4.69) is 0 Å². The van der Waals surface area contributed by atoms with Crippen molar-refractivity contribution in [3.8, 4) is 0 Å². The third-order valence-corrected chi connectivity index (χ3v) is 1.52. The highest BCUT2D eigenvalue weighted by atomic mass is 19.1. The lowest BCUT2D eigenvalue weighted by Gasteiger charge is -2.05. The van der Waals surface area contributed by atoms with E-state index in [0.29, 0.717) is 0 Å². The quantitative estimate of drug-likeness (QED) is 0.538. The Hall–Kier alpha value is -0.330. The number of halogens is 1. The minimum absolute atomic E-state index is 0.0532. The van der Waals surface area contributed by atoms with Gasteiger partial charge in [-0.1, -0.05) is 13.8 Å². The van der Waals surface area contributed by atoms with Crippen LogP contribution in [0.4, 0.5) is 4.39 Å². The van der Waals surface area contributed by atoms with E-state index in [-0.39, 0.29) is 11.7 Å². The van der Waals surface area contributed by atoms with E-state index in [4.69, 9.17) is 0 Å². The Labute approximate surface area is 56.8 Å². The van der Waals surface area contributed by atoms with Crippen molar-refractivity contribution < 1.29 is 4.39 Å². The highest BCUT2D eigenvalue weighted by Crippen LogP contribution is 2.18. The largest absolute Gasteiger partial charge is 0.212 e. The zero-order valence-electron chi connectivity index (χ0n) is 6.66. The van der Waals surface area contributed by atoms with Gasteiger partial charge in [0.1, 0.15) is 5.83 Å². The molecule has 0 aromatic heterocycles. The maximum Gasteiger partial charge on any atom is 0.101 e. The second-order valence-electron chi connectivity index (χ2n) is 2.66. The number of hydrogen-bond acceptors (Lipinski definition) is 0. The summed E-state index contributed by atoms with van der Waals surface area (Å²) < 4.78 is 12.8. The van der Waals surface area contributed by atoms with Gasteiger partial charge >= 0.3 is 0 Å². The molecule has 9 heavy (non-hydrogen) atoms. The Balaban J connectivity index is 4.02. The maximum absolute atomic E-state index is 12.8. The lowest BCUT2D eigenvalue weighted by Crippen LogP contribution is -1.93. The minimum atomic E-state index is 0.0532. The molecular weight excluding hydrogens is 115 g/mol. The van der Waals surface area contributed by atoms with Gasteiger partial charge in [-0.2, -0.15) is 0 Å². The number of allylic oxidation sites excluding steroid dienone is 2. The molecule has 0 nitrogen and oxygen atoms in total. The summed E-state index contributed by atoms with van der Waals surface area (Å²) >= 11 is 0. The van der Waals surface area contributed by atoms with E-state index in [1.165, 1.54) is 0 Å². The van der Waals surface area contributed by atoms with Crippen LogP contribution < -0.4 is 0 Å². The molecule has 0 saturated carbocycles. The second-order valence-corrected chi connectivity index (χ2v) is 2.66. The predicted molar refractivity (Wildman–Crippen MR) is 38.9 cm³/mol. The lowest BCUT2D eigenvalue weighted by molar-refractivity contribution is 0.473. The van der Waals surface area contributed by atoms with Crippen LogP contribution in [0, 0.1) is 5.92 Å². The number of hydrogen-bond donors (Lipinski definition) is 0. The molecule has 0 radical (unpaired) electrons. The minimum Gasteiger partial charge on any atom is -0.212 e. The molecule has 1 heteroatoms. The Morgan fingerprint density at radius 3 is 2.00 bits per heavy atom. The van der Waals surface area contributed by atoms with Crippen molar-refractivity contribution in [2.45, 2.75) is 34.1 Å². The van der Waals surface area contributed by atoms with Crippen LogP contribution in [0.5, 0.6) is 0 Å². The first kappa shape index (κ1) is 8.67. The fourth-order valence-electron chi connectivity index (χ4n) is 0.672. The van der Waals surface area contributed by atoms with Gasteiger partial charge in [-0.05, 0) is 25.8 Å². The zero-order chi connectivity index (χ0) is 7.44. The van der Waals surface area contributed by atoms with Crippen LogP contribution in [0.1, 0.15) is 34.1 Å². The van der Waals surface area contributed by atoms with Crippen LogP contribution in [-0.4, -0.2) is 0 Å². The van der Waals surface area contributed by atoms with E-state index >= 15 is 0 Å². The molecule has 0 aromatic rings. The molecule has 0 amide bonds. The Morgan fingerprint density at radius 1 is 1.44 bits per heavy atom. The summed E-state index contributed by atoms with van der Waals surface area (Å²) in [7, 11) is 0. The highest BCUT2D eigenvalue weighted by Gasteiger charge is 2.05. The van der Waals surface area contributed by atoms with E-state index in [9.17, 15) is 4.39 Å². The van der Waals surface area contributed by atoms with Gasteiger partial charge in [0, 0.05) is 5.92 Å². The zero-order valence-corrected chi connectivity index (χ0v) is 6.66. The maximum atomic E-state index is 12.8. The van der Waals surface area contributed by atoms with Crippen LogP contribution in [0.2, 0.25) is 0 Å². The molecule has 0 rings (SSSR count). The smallest absolute Gasteiger partial charge is 0.101 e. The summed E-state index contributed by atoms with van der Waals surface area (Å²) in [6, 6.07) is 0. The molecule has 0 aliphatic rings. The molecule has 1 atom stereocenters. The topological polar surface area (TPSA) is 0 Å². The predicted octanol–water partition coefficient (Wildman–Crippen LogP) is 3.30. The monoisotopic (exact) mass is 130 g/mol. The molecule has 0 saturated heterocycles. The summed E-state index contributed by atoms with van der Waals surface area (Å²) in [6.07, 6.45) is 0.886. The summed E-state index contributed by atoms with van der Waals surface area (Å²) in [4.78, 5) is 0. The van der Waals surface area contributed by atoms with Gasteiger partial charge in [0.25, 0.3) is 0 Å². The van der Waals surface area contributed by atoms with Gasteiger partial charge in [-0.25, -0.2) is 4.39 Å². The molecule has 0 fully saturated rings. The highest BCUT2D eigenvalue weighted by molar-refractivity contribution is 5.03. The first-order chi connectivity index (χ1) is 4.09. The van der Waals surface area contributed by atoms with Crippen LogP contribution in [0.25, 0.3) is 0 Å². The molecule has 0 aliphatic carbocycles. The summed E-state index contributed by atoms with van der Waals surface area (Å²) in [5.74, 6) is 0.160. The molecule has 0 aromatic carbocycles. The van der Waals surface area contributed by atoms with E-state index in [1.807, 2.05) is 27.7 Å². The average Bonchev–Trinajstić information content (AvgIpc) is 1.84. The second kappa shape index (κ2) is 3.65. The van der Waals surface area contributed by atoms with Gasteiger partial charge < -0.3 is 0 Å². The summed E-state index contributed by atoms with van der Waals surface area (Å²) in [6.45, 7) is 7.51. The van der Waals surface area contributed by atoms with Crippen LogP contribution in [0.15, 0.2) is 11.4 Å². The van der Waals surface area contributed by atoms with Crippen molar-refractivity contribution in [1.29, 1.82) is 0 Å². The van der Waals surface area contributed by atoms with Gasteiger partial charge in [0.2, 0.25) is 0 Å². The van der Waals surface area contributed by atoms with Gasteiger partial charge in [0.15, 0.2) is 0 Å². The normalized spacial score (nSPS) is 13.0. The molecule has 0 spiro atoms. The van der Waals surface area contributed by atoms with Crippen molar-refractivity contribution >= 4 is 0 Å². The van der Waals surface area contributed by atoms with Crippen molar-refractivity contribution in [1.82, 2.24) is 0 Å². The van der Waals surface area contributed by atoms with Crippen LogP contribution in [0.3, 0.4) is 0 Å². The number of rotatable bonds is 2. The molecule has 54 valence electrons. The molecule has 0 bridgehead atoms. The Kier molecular flexibility index (Phi) is 3.52. The fourth-order valence-corrected chi connectivity index (χ4v) is 0.672. The molecule has 0 heterocycles. The summed E-state index contributed by atoms with van der Waals surface area (Å²) in [5, 5.41) is 0. The lowest BCUT2D eigenvalue weighted by atomic mass is 10.1. The van der Waals surface area contributed by atoms with E-state index < -0.39 is 0 Å². The Bertz CT molecular complexity index is 110. The first-order valence-electron chi connectivity index (χ1n) is 3.42. The molecule has 0 N–H and O–H groups in total. The third-order valence-electron chi connectivity index (χ3n) is 1.52. The van der Waals surface area contributed by atoms with Crippen molar-refractivity contribution in [2.24, 2.45) is 5.92 Å². The summed E-state index contributed by atoms with van der Waals surface area (Å²) in [5.41, 5.74) is 0.810. The SMILES string of the molecule is CCC(C)C(F)=C(C)C. The van der Waals surface area contributed by atoms with Crippen molar-refractivity contribution in [3.63, 3.8) is 0 Å². The van der Waals surface area contributed by atoms with Crippen LogP contribution >= 0.6 is 0 Å². The van der Waals surface area contributed by atoms with Crippen molar-refractivity contribution in [3.05, 3.63) is 11.4 Å². The Morgan fingerprint density at radius 2 is 1.89 bits per heavy atom. The average molecular weight is 130 g/mol. The molecular formula is C8H15F. The molecule has 0 aliphatic heterocycles. The van der Waals surface area contributed by atoms with Gasteiger partial charge in [-0.15, -0.1) is 0 Å². The van der Waals surface area contributed by atoms with Gasteiger partial charge in [-0.3, -0.25) is 0 Å². The third kappa shape index (κ3) is 2.64. The molecule has 1 unspecified atom stereocenters. The van der Waals surface area contributed by atoms with Crippen LogP contribution in [-0.2, 0) is 0 Å². The van der Waals surface area contributed by atoms with Gasteiger partial charge in [0.05, 0.1) is 0 Å². The standard InChI is InChI=1S/C8H15F/c1-5-7(4)8(9)6(2)3/h7H,5H2,1-4H3.